The van der Waals surface area contributed by atoms with Crippen molar-refractivity contribution in [3.8, 4) is 0 Å². The number of likely N-dealkylation sites (tertiary alicyclic amines) is 1. The monoisotopic (exact) mass is 558 g/mol. The van der Waals surface area contributed by atoms with Gasteiger partial charge in [0.1, 0.15) is 5.60 Å². The Balaban J connectivity index is 1.56. The third kappa shape index (κ3) is 6.26. The molecule has 216 valence electrons. The van der Waals surface area contributed by atoms with Crippen molar-refractivity contribution in [2.75, 3.05) is 36.0 Å². The number of fused-ring (bicyclic) bond motifs is 2. The second kappa shape index (κ2) is 11.1. The van der Waals surface area contributed by atoms with Crippen LogP contribution in [0.1, 0.15) is 57.6 Å². The molecule has 2 aliphatic heterocycles. The summed E-state index contributed by atoms with van der Waals surface area (Å²) < 4.78 is 44.4. The molecule has 2 aliphatic rings. The number of pyridine rings is 1. The molecule has 4 rings (SSSR count). The van der Waals surface area contributed by atoms with Gasteiger partial charge in [0.25, 0.3) is 0 Å². The number of hydrogen-bond acceptors (Lipinski definition) is 5. The number of aryl methyl sites for hydroxylation is 1. The Morgan fingerprint density at radius 3 is 2.45 bits per heavy atom. The van der Waals surface area contributed by atoms with Crippen LogP contribution >= 0.6 is 0 Å². The number of ether oxygens (including phenoxy) is 1. The van der Waals surface area contributed by atoms with Gasteiger partial charge in [-0.1, -0.05) is 24.8 Å². The highest BCUT2D eigenvalue weighted by molar-refractivity contribution is 6.08. The van der Waals surface area contributed by atoms with Gasteiger partial charge in [-0.05, 0) is 70.2 Å². The molecular weight excluding hydrogens is 521 g/mol. The number of halogens is 3. The smallest absolute Gasteiger partial charge is 0.410 e. The third-order valence-corrected chi connectivity index (χ3v) is 7.50. The van der Waals surface area contributed by atoms with Crippen LogP contribution in [-0.4, -0.2) is 59.8 Å². The second-order valence-electron chi connectivity index (χ2n) is 11.6. The number of aromatic nitrogens is 1. The minimum Gasteiger partial charge on any atom is -0.444 e. The highest BCUT2D eigenvalue weighted by Gasteiger charge is 2.53. The van der Waals surface area contributed by atoms with E-state index in [0.717, 1.165) is 16.8 Å². The summed E-state index contributed by atoms with van der Waals surface area (Å²) in [5.41, 5.74) is 2.25. The van der Waals surface area contributed by atoms with Gasteiger partial charge in [0.15, 0.2) is 0 Å². The molecule has 3 heterocycles. The van der Waals surface area contributed by atoms with Crippen LogP contribution in [0.5, 0.6) is 0 Å². The molecule has 2 aromatic rings. The van der Waals surface area contributed by atoms with Gasteiger partial charge in [0.05, 0.1) is 23.8 Å². The summed E-state index contributed by atoms with van der Waals surface area (Å²) in [7, 11) is 0. The van der Waals surface area contributed by atoms with E-state index in [1.165, 1.54) is 0 Å². The van der Waals surface area contributed by atoms with E-state index in [2.05, 4.69) is 11.6 Å². The van der Waals surface area contributed by atoms with Crippen molar-refractivity contribution in [1.29, 1.82) is 0 Å². The van der Waals surface area contributed by atoms with Crippen molar-refractivity contribution in [3.63, 3.8) is 0 Å². The Morgan fingerprint density at radius 1 is 1.15 bits per heavy atom. The lowest BCUT2D eigenvalue weighted by molar-refractivity contribution is -0.135. The van der Waals surface area contributed by atoms with E-state index in [9.17, 15) is 22.8 Å². The van der Waals surface area contributed by atoms with Crippen LogP contribution < -0.4 is 9.80 Å². The van der Waals surface area contributed by atoms with Gasteiger partial charge in [-0.15, -0.1) is 0 Å². The van der Waals surface area contributed by atoms with E-state index in [0.29, 0.717) is 37.3 Å². The van der Waals surface area contributed by atoms with Crippen LogP contribution in [0.15, 0.2) is 55.0 Å². The summed E-state index contributed by atoms with van der Waals surface area (Å²) in [5.74, 6) is -0.111. The molecule has 1 saturated heterocycles. The summed E-state index contributed by atoms with van der Waals surface area (Å²) in [6.45, 7) is 12.5. The lowest BCUT2D eigenvalue weighted by atomic mass is 9.74. The Bertz CT molecular complexity index is 1260. The van der Waals surface area contributed by atoms with E-state index in [4.69, 9.17) is 4.74 Å². The first-order valence-corrected chi connectivity index (χ1v) is 13.5. The Labute approximate surface area is 233 Å². The largest absolute Gasteiger partial charge is 0.444 e. The molecule has 0 atom stereocenters. The summed E-state index contributed by atoms with van der Waals surface area (Å²) >= 11 is 0. The fourth-order valence-electron chi connectivity index (χ4n) is 5.55. The lowest BCUT2D eigenvalue weighted by Gasteiger charge is -2.39. The van der Waals surface area contributed by atoms with Gasteiger partial charge in [-0.3, -0.25) is 9.78 Å². The van der Waals surface area contributed by atoms with Crippen LogP contribution in [0.4, 0.5) is 29.3 Å². The molecule has 10 heteroatoms. The SMILES string of the molecule is C=C(CN1C(=O)C2(CCN(C(=O)OC(C)(C)C)CC2)c2ccncc21)N(CCCC(F)(F)F)c1ccccc1C. The van der Waals surface area contributed by atoms with Gasteiger partial charge in [-0.25, -0.2) is 4.79 Å². The molecule has 0 saturated carbocycles. The van der Waals surface area contributed by atoms with Crippen LogP contribution in [0, 0.1) is 6.92 Å². The van der Waals surface area contributed by atoms with Crippen LogP contribution in [-0.2, 0) is 14.9 Å². The number of piperidine rings is 1. The summed E-state index contributed by atoms with van der Waals surface area (Å²) in [5, 5.41) is 0. The minimum atomic E-state index is -4.26. The fraction of sp³-hybridized carbons (Fsp3) is 0.500. The number of carbonyl (C=O) groups excluding carboxylic acids is 2. The zero-order valence-corrected chi connectivity index (χ0v) is 23.6. The molecule has 40 heavy (non-hydrogen) atoms. The first-order chi connectivity index (χ1) is 18.7. The number of benzene rings is 1. The van der Waals surface area contributed by atoms with Crippen molar-refractivity contribution in [3.05, 3.63) is 66.1 Å². The Kier molecular flexibility index (Phi) is 8.19. The maximum absolute atomic E-state index is 14.1. The van der Waals surface area contributed by atoms with Gasteiger partial charge in [0, 0.05) is 43.6 Å². The number of para-hydroxylation sites is 1. The molecule has 0 aliphatic carbocycles. The predicted molar refractivity (Wildman–Crippen MR) is 148 cm³/mol. The number of alkyl halides is 3. The quantitative estimate of drug-likeness (QED) is 0.395. The third-order valence-electron chi connectivity index (χ3n) is 7.50. The molecule has 7 nitrogen and oxygen atoms in total. The highest BCUT2D eigenvalue weighted by atomic mass is 19.4. The zero-order chi connectivity index (χ0) is 29.3. The molecule has 0 N–H and O–H groups in total. The number of nitrogens with zero attached hydrogens (tertiary/aromatic N) is 4. The molecular formula is C30H37F3N4O3. The van der Waals surface area contributed by atoms with Crippen molar-refractivity contribution in [1.82, 2.24) is 9.88 Å². The average molecular weight is 559 g/mol. The van der Waals surface area contributed by atoms with Crippen molar-refractivity contribution in [2.45, 2.75) is 70.6 Å². The molecule has 1 aromatic heterocycles. The van der Waals surface area contributed by atoms with E-state index in [1.54, 1.807) is 27.1 Å². The number of carbonyl (C=O) groups is 2. The highest BCUT2D eigenvalue weighted by Crippen LogP contribution is 2.48. The summed E-state index contributed by atoms with van der Waals surface area (Å²) in [6, 6.07) is 9.30. The van der Waals surface area contributed by atoms with E-state index in [1.807, 2.05) is 58.0 Å². The lowest BCUT2D eigenvalue weighted by Crippen LogP contribution is -2.51. The van der Waals surface area contributed by atoms with Crippen LogP contribution in [0.25, 0.3) is 0 Å². The van der Waals surface area contributed by atoms with Crippen LogP contribution in [0.2, 0.25) is 0 Å². The summed E-state index contributed by atoms with van der Waals surface area (Å²) in [4.78, 5) is 36.1. The maximum Gasteiger partial charge on any atom is 0.410 e. The summed E-state index contributed by atoms with van der Waals surface area (Å²) in [6.07, 6.45) is -1.51. The first kappa shape index (κ1) is 29.4. The molecule has 0 radical (unpaired) electrons. The van der Waals surface area contributed by atoms with Gasteiger partial charge < -0.3 is 19.4 Å². The van der Waals surface area contributed by atoms with Crippen molar-refractivity contribution < 1.29 is 27.5 Å². The van der Waals surface area contributed by atoms with E-state index >= 15 is 0 Å². The molecule has 1 fully saturated rings. The van der Waals surface area contributed by atoms with Crippen LogP contribution in [0.3, 0.4) is 0 Å². The van der Waals surface area contributed by atoms with E-state index < -0.39 is 29.7 Å². The molecule has 2 amide bonds. The van der Waals surface area contributed by atoms with Gasteiger partial charge >= 0.3 is 12.3 Å². The number of anilines is 2. The molecule has 1 spiro atoms. The number of rotatable bonds is 7. The second-order valence-corrected chi connectivity index (χ2v) is 11.6. The molecule has 0 bridgehead atoms. The average Bonchev–Trinajstić information content (AvgIpc) is 3.09. The topological polar surface area (TPSA) is 66.0 Å². The first-order valence-electron chi connectivity index (χ1n) is 13.5. The standard InChI is InChI=1S/C30H37F3N4O3/c1-21-9-6-7-10-24(21)36(16-8-12-30(31,32)33)22(2)20-37-25-19-34-15-11-23(25)29(26(37)38)13-17-35(18-14-29)27(39)40-28(3,4)5/h6-7,9-11,15,19H,2,8,12-14,16-18,20H2,1,3-5H3. The number of hydrogen-bond donors (Lipinski definition) is 0. The number of amides is 2. The van der Waals surface area contributed by atoms with Gasteiger partial charge in [0.2, 0.25) is 5.91 Å². The Morgan fingerprint density at radius 2 is 1.82 bits per heavy atom. The zero-order valence-electron chi connectivity index (χ0n) is 23.6. The molecule has 0 unspecified atom stereocenters. The maximum atomic E-state index is 14.1. The van der Waals surface area contributed by atoms with Gasteiger partial charge in [-0.2, -0.15) is 13.2 Å². The predicted octanol–water partition coefficient (Wildman–Crippen LogP) is 6.37. The van der Waals surface area contributed by atoms with Crippen molar-refractivity contribution >= 4 is 23.4 Å². The molecule has 1 aromatic carbocycles. The Hall–Kier alpha value is -3.56. The minimum absolute atomic E-state index is 0.104. The van der Waals surface area contributed by atoms with E-state index in [-0.39, 0.29) is 25.4 Å². The fourth-order valence-corrected chi connectivity index (χ4v) is 5.55. The van der Waals surface area contributed by atoms with Crippen molar-refractivity contribution in [2.24, 2.45) is 0 Å². The normalized spacial score (nSPS) is 16.7.